The normalized spacial score (nSPS) is 19.9. The lowest BCUT2D eigenvalue weighted by Crippen LogP contribution is -2.32. The van der Waals surface area contributed by atoms with Crippen molar-refractivity contribution in [2.45, 2.75) is 25.4 Å². The molecule has 0 saturated carbocycles. The Bertz CT molecular complexity index is 460. The van der Waals surface area contributed by atoms with E-state index in [-0.39, 0.29) is 5.11 Å². The van der Waals surface area contributed by atoms with Crippen LogP contribution in [0.3, 0.4) is 0 Å². The number of likely N-dealkylation sites (tertiary alicyclic amines) is 1. The second kappa shape index (κ2) is 6.84. The number of rotatable bonds is 4. The first-order valence-electron chi connectivity index (χ1n) is 6.22. The minimum atomic E-state index is 0.193. The summed E-state index contributed by atoms with van der Waals surface area (Å²) >= 11 is 10.6. The van der Waals surface area contributed by atoms with E-state index in [4.69, 9.17) is 29.6 Å². The summed E-state index contributed by atoms with van der Waals surface area (Å²) in [5.41, 5.74) is 9.19. The number of nitrogens with one attached hydrogen (secondary N) is 1. The summed E-state index contributed by atoms with van der Waals surface area (Å²) in [5.74, 6) is 0. The van der Waals surface area contributed by atoms with E-state index in [2.05, 4.69) is 27.6 Å². The first-order valence-corrected chi connectivity index (χ1v) is 7.01. The Morgan fingerprint density at radius 2 is 2.26 bits per heavy atom. The molecule has 2 rings (SSSR count). The van der Waals surface area contributed by atoms with Gasteiger partial charge in [0, 0.05) is 23.8 Å². The van der Waals surface area contributed by atoms with Gasteiger partial charge in [-0.2, -0.15) is 5.10 Å². The maximum Gasteiger partial charge on any atom is 0.184 e. The van der Waals surface area contributed by atoms with Crippen LogP contribution >= 0.6 is 23.8 Å². The van der Waals surface area contributed by atoms with Gasteiger partial charge in [0.25, 0.3) is 0 Å². The van der Waals surface area contributed by atoms with Crippen molar-refractivity contribution >= 4 is 35.1 Å². The molecular formula is C13H17ClN4S. The molecule has 6 heteroatoms. The molecule has 1 saturated heterocycles. The summed E-state index contributed by atoms with van der Waals surface area (Å²) < 4.78 is 0. The van der Waals surface area contributed by atoms with Gasteiger partial charge in [-0.3, -0.25) is 10.3 Å². The molecule has 102 valence electrons. The fourth-order valence-electron chi connectivity index (χ4n) is 2.23. The third-order valence-corrected chi connectivity index (χ3v) is 3.48. The third-order valence-electron chi connectivity index (χ3n) is 3.13. The highest BCUT2D eigenvalue weighted by molar-refractivity contribution is 7.80. The van der Waals surface area contributed by atoms with Crippen molar-refractivity contribution in [3.8, 4) is 0 Å². The van der Waals surface area contributed by atoms with Crippen LogP contribution in [0.25, 0.3) is 0 Å². The van der Waals surface area contributed by atoms with Crippen molar-refractivity contribution in [2.75, 3.05) is 6.54 Å². The molecule has 0 amide bonds. The Labute approximate surface area is 123 Å². The fraction of sp³-hybridized carbons (Fsp3) is 0.385. The van der Waals surface area contributed by atoms with Crippen molar-refractivity contribution in [1.29, 1.82) is 0 Å². The fourth-order valence-corrected chi connectivity index (χ4v) is 2.41. The Kier molecular flexibility index (Phi) is 5.13. The van der Waals surface area contributed by atoms with Crippen LogP contribution in [-0.4, -0.2) is 28.8 Å². The van der Waals surface area contributed by atoms with Gasteiger partial charge >= 0.3 is 0 Å². The van der Waals surface area contributed by atoms with Gasteiger partial charge in [0.05, 0.1) is 0 Å². The van der Waals surface area contributed by atoms with E-state index in [0.29, 0.717) is 6.04 Å². The highest BCUT2D eigenvalue weighted by atomic mass is 35.5. The number of hydrogen-bond acceptors (Lipinski definition) is 3. The zero-order valence-corrected chi connectivity index (χ0v) is 12.1. The Morgan fingerprint density at radius 3 is 2.95 bits per heavy atom. The van der Waals surface area contributed by atoms with E-state index in [9.17, 15) is 0 Å². The monoisotopic (exact) mass is 296 g/mol. The minimum absolute atomic E-state index is 0.193. The van der Waals surface area contributed by atoms with Gasteiger partial charge in [0.2, 0.25) is 0 Å². The van der Waals surface area contributed by atoms with Crippen LogP contribution in [0.2, 0.25) is 5.02 Å². The average Bonchev–Trinajstić information content (AvgIpc) is 2.79. The van der Waals surface area contributed by atoms with Crippen LogP contribution in [0.15, 0.2) is 29.4 Å². The molecule has 19 heavy (non-hydrogen) atoms. The molecule has 1 aromatic rings. The third kappa shape index (κ3) is 4.45. The molecular weight excluding hydrogens is 280 g/mol. The highest BCUT2D eigenvalue weighted by Gasteiger charge is 2.22. The van der Waals surface area contributed by atoms with E-state index in [0.717, 1.165) is 24.5 Å². The van der Waals surface area contributed by atoms with Gasteiger partial charge in [-0.05, 0) is 49.3 Å². The maximum absolute atomic E-state index is 5.89. The van der Waals surface area contributed by atoms with Crippen molar-refractivity contribution in [1.82, 2.24) is 10.3 Å². The van der Waals surface area contributed by atoms with Crippen LogP contribution in [0.4, 0.5) is 0 Å². The summed E-state index contributed by atoms with van der Waals surface area (Å²) in [5, 5.41) is 5.02. The molecule has 1 aliphatic heterocycles. The molecule has 0 aromatic heterocycles. The lowest BCUT2D eigenvalue weighted by molar-refractivity contribution is 0.297. The lowest BCUT2D eigenvalue weighted by atomic mass is 10.2. The number of nitrogens with two attached hydrogens (primary N) is 1. The van der Waals surface area contributed by atoms with Crippen LogP contribution < -0.4 is 11.2 Å². The first-order chi connectivity index (χ1) is 9.15. The van der Waals surface area contributed by atoms with Gasteiger partial charge in [-0.25, -0.2) is 0 Å². The molecule has 1 unspecified atom stereocenters. The van der Waals surface area contributed by atoms with Crippen LogP contribution in [0.1, 0.15) is 18.4 Å². The minimum Gasteiger partial charge on any atom is -0.375 e. The van der Waals surface area contributed by atoms with Crippen molar-refractivity contribution < 1.29 is 0 Å². The zero-order valence-electron chi connectivity index (χ0n) is 10.6. The van der Waals surface area contributed by atoms with Gasteiger partial charge in [-0.15, -0.1) is 0 Å². The quantitative estimate of drug-likeness (QED) is 0.508. The SMILES string of the molecule is NC(=S)NN=CC1CCCN1Cc1ccc(Cl)cc1. The maximum atomic E-state index is 5.89. The molecule has 3 N–H and O–H groups in total. The van der Waals surface area contributed by atoms with Gasteiger partial charge < -0.3 is 5.73 Å². The van der Waals surface area contributed by atoms with Crippen LogP contribution in [0.5, 0.6) is 0 Å². The molecule has 0 radical (unpaired) electrons. The number of benzene rings is 1. The molecule has 0 aliphatic carbocycles. The summed E-state index contributed by atoms with van der Waals surface area (Å²) in [4.78, 5) is 2.38. The number of thiocarbonyl (C=S) groups is 1. The number of hydrogen-bond donors (Lipinski definition) is 2. The number of halogens is 1. The predicted molar refractivity (Wildman–Crippen MR) is 83.3 cm³/mol. The number of nitrogens with zero attached hydrogens (tertiary/aromatic N) is 2. The van der Waals surface area contributed by atoms with E-state index in [1.807, 2.05) is 18.3 Å². The predicted octanol–water partition coefficient (Wildman–Crippen LogP) is 2.12. The smallest absolute Gasteiger partial charge is 0.184 e. The zero-order chi connectivity index (χ0) is 13.7. The van der Waals surface area contributed by atoms with E-state index < -0.39 is 0 Å². The molecule has 1 fully saturated rings. The van der Waals surface area contributed by atoms with Crippen molar-refractivity contribution in [3.05, 3.63) is 34.9 Å². The molecule has 0 bridgehead atoms. The Hall–Kier alpha value is -1.17. The first kappa shape index (κ1) is 14.2. The average molecular weight is 297 g/mol. The molecule has 4 nitrogen and oxygen atoms in total. The van der Waals surface area contributed by atoms with Gasteiger partial charge in [-0.1, -0.05) is 23.7 Å². The summed E-state index contributed by atoms with van der Waals surface area (Å²) in [6.45, 7) is 1.98. The molecule has 1 heterocycles. The summed E-state index contributed by atoms with van der Waals surface area (Å²) in [6.07, 6.45) is 4.16. The highest BCUT2D eigenvalue weighted by Crippen LogP contribution is 2.19. The molecule has 1 aromatic carbocycles. The second-order valence-electron chi connectivity index (χ2n) is 4.56. The molecule has 0 spiro atoms. The van der Waals surface area contributed by atoms with Crippen LogP contribution in [0, 0.1) is 0 Å². The Balaban J connectivity index is 1.93. The summed E-state index contributed by atoms with van der Waals surface area (Å²) in [7, 11) is 0. The van der Waals surface area contributed by atoms with Crippen LogP contribution in [-0.2, 0) is 6.54 Å². The van der Waals surface area contributed by atoms with Gasteiger partial charge in [0.15, 0.2) is 5.11 Å². The van der Waals surface area contributed by atoms with Gasteiger partial charge in [0.1, 0.15) is 0 Å². The second-order valence-corrected chi connectivity index (χ2v) is 5.44. The lowest BCUT2D eigenvalue weighted by Gasteiger charge is -2.21. The summed E-state index contributed by atoms with van der Waals surface area (Å²) in [6, 6.07) is 8.29. The molecule has 1 aliphatic rings. The van der Waals surface area contributed by atoms with Crippen molar-refractivity contribution in [3.63, 3.8) is 0 Å². The van der Waals surface area contributed by atoms with E-state index >= 15 is 0 Å². The molecule has 1 atom stereocenters. The largest absolute Gasteiger partial charge is 0.375 e. The number of hydrazone groups is 1. The van der Waals surface area contributed by atoms with E-state index in [1.54, 1.807) is 0 Å². The standard InChI is InChI=1S/C13H17ClN4S/c14-11-5-3-10(4-6-11)9-18-7-1-2-12(18)8-16-17-13(15)19/h3-6,8,12H,1-2,7,9H2,(H3,15,17,19). The Morgan fingerprint density at radius 1 is 1.53 bits per heavy atom. The van der Waals surface area contributed by atoms with E-state index in [1.165, 1.54) is 12.0 Å². The topological polar surface area (TPSA) is 53.6 Å². The van der Waals surface area contributed by atoms with Crippen molar-refractivity contribution in [2.24, 2.45) is 10.8 Å².